The Morgan fingerprint density at radius 3 is 2.59 bits per heavy atom. The molecule has 1 aliphatic heterocycles. The summed E-state index contributed by atoms with van der Waals surface area (Å²) in [7, 11) is 6.11. The standard InChI is InChI=1S/C19H28N6S.HI/c1-20-19(22-14-17(23(2)3)16-7-13-26-15-16)25-11-9-24(10-12-25)18-6-4-5-8-21-18;/h4-8,13,15,17H,9-12,14H2,1-3H3,(H,20,22);1H. The Balaban J connectivity index is 0.00000261. The highest BCUT2D eigenvalue weighted by Crippen LogP contribution is 2.20. The number of likely N-dealkylation sites (N-methyl/N-ethyl adjacent to an activating group) is 1. The maximum Gasteiger partial charge on any atom is 0.193 e. The summed E-state index contributed by atoms with van der Waals surface area (Å²) in [6, 6.07) is 8.62. The molecule has 0 radical (unpaired) electrons. The number of piperazine rings is 1. The van der Waals surface area contributed by atoms with Crippen LogP contribution in [0, 0.1) is 0 Å². The molecule has 27 heavy (non-hydrogen) atoms. The van der Waals surface area contributed by atoms with Crippen molar-refractivity contribution in [1.82, 2.24) is 20.1 Å². The molecule has 0 spiro atoms. The molecule has 2 aromatic heterocycles. The first-order valence-corrected chi connectivity index (χ1v) is 9.93. The molecule has 0 bridgehead atoms. The molecule has 6 nitrogen and oxygen atoms in total. The van der Waals surface area contributed by atoms with Crippen molar-refractivity contribution in [2.75, 3.05) is 58.8 Å². The summed E-state index contributed by atoms with van der Waals surface area (Å²) in [6.07, 6.45) is 1.86. The van der Waals surface area contributed by atoms with E-state index < -0.39 is 0 Å². The van der Waals surface area contributed by atoms with Crippen molar-refractivity contribution in [3.05, 3.63) is 46.8 Å². The first-order chi connectivity index (χ1) is 12.7. The number of rotatable bonds is 5. The monoisotopic (exact) mass is 500 g/mol. The van der Waals surface area contributed by atoms with Crippen molar-refractivity contribution >= 4 is 47.1 Å². The van der Waals surface area contributed by atoms with Crippen LogP contribution in [0.25, 0.3) is 0 Å². The number of anilines is 1. The molecule has 1 atom stereocenters. The third-order valence-electron chi connectivity index (χ3n) is 4.77. The van der Waals surface area contributed by atoms with Crippen LogP contribution in [0.4, 0.5) is 5.82 Å². The van der Waals surface area contributed by atoms with Crippen LogP contribution in [-0.4, -0.2) is 74.6 Å². The predicted octanol–water partition coefficient (Wildman–Crippen LogP) is 2.76. The number of pyridine rings is 1. The minimum absolute atomic E-state index is 0. The fourth-order valence-corrected chi connectivity index (χ4v) is 3.98. The van der Waals surface area contributed by atoms with Crippen LogP contribution >= 0.6 is 35.3 Å². The smallest absolute Gasteiger partial charge is 0.193 e. The Morgan fingerprint density at radius 1 is 1.26 bits per heavy atom. The average molecular weight is 500 g/mol. The van der Waals surface area contributed by atoms with E-state index in [0.29, 0.717) is 6.04 Å². The van der Waals surface area contributed by atoms with Gasteiger partial charge in [0, 0.05) is 46.0 Å². The van der Waals surface area contributed by atoms with Gasteiger partial charge in [-0.2, -0.15) is 11.3 Å². The van der Waals surface area contributed by atoms with E-state index in [0.717, 1.165) is 44.5 Å². The number of hydrogen-bond acceptors (Lipinski definition) is 5. The van der Waals surface area contributed by atoms with Gasteiger partial charge >= 0.3 is 0 Å². The van der Waals surface area contributed by atoms with E-state index in [1.807, 2.05) is 25.4 Å². The van der Waals surface area contributed by atoms with Crippen LogP contribution in [-0.2, 0) is 0 Å². The number of nitrogens with zero attached hydrogens (tertiary/aromatic N) is 5. The Labute approximate surface area is 183 Å². The van der Waals surface area contributed by atoms with Crippen molar-refractivity contribution in [2.45, 2.75) is 6.04 Å². The fourth-order valence-electron chi connectivity index (χ4n) is 3.27. The lowest BCUT2D eigenvalue weighted by atomic mass is 10.1. The summed E-state index contributed by atoms with van der Waals surface area (Å²) in [4.78, 5) is 15.9. The van der Waals surface area contributed by atoms with Crippen molar-refractivity contribution in [3.8, 4) is 0 Å². The molecule has 3 rings (SSSR count). The lowest BCUT2D eigenvalue weighted by Gasteiger charge is -2.37. The largest absolute Gasteiger partial charge is 0.354 e. The Bertz CT molecular complexity index is 683. The van der Waals surface area contributed by atoms with E-state index in [4.69, 9.17) is 0 Å². The lowest BCUT2D eigenvalue weighted by molar-refractivity contribution is 0.292. The molecule has 2 aromatic rings. The first kappa shape index (κ1) is 21.9. The quantitative estimate of drug-likeness (QED) is 0.389. The second kappa shape index (κ2) is 10.8. The predicted molar refractivity (Wildman–Crippen MR) is 126 cm³/mol. The Morgan fingerprint density at radius 2 is 2.04 bits per heavy atom. The average Bonchev–Trinajstić information content (AvgIpc) is 3.20. The van der Waals surface area contributed by atoms with E-state index in [2.05, 4.69) is 67.0 Å². The highest BCUT2D eigenvalue weighted by molar-refractivity contribution is 14.0. The van der Waals surface area contributed by atoms with Crippen LogP contribution in [0.15, 0.2) is 46.2 Å². The highest BCUT2D eigenvalue weighted by Gasteiger charge is 2.22. The number of aromatic nitrogens is 1. The number of nitrogens with one attached hydrogen (secondary N) is 1. The molecule has 0 aliphatic carbocycles. The number of aliphatic imine (C=N–C) groups is 1. The van der Waals surface area contributed by atoms with Gasteiger partial charge in [-0.1, -0.05) is 6.07 Å². The van der Waals surface area contributed by atoms with Crippen molar-refractivity contribution in [2.24, 2.45) is 4.99 Å². The lowest BCUT2D eigenvalue weighted by Crippen LogP contribution is -2.53. The third kappa shape index (κ3) is 5.79. The van der Waals surface area contributed by atoms with Crippen LogP contribution in [0.5, 0.6) is 0 Å². The van der Waals surface area contributed by atoms with Crippen LogP contribution in [0.3, 0.4) is 0 Å². The van der Waals surface area contributed by atoms with Gasteiger partial charge in [-0.05, 0) is 48.6 Å². The van der Waals surface area contributed by atoms with Gasteiger partial charge in [0.2, 0.25) is 0 Å². The normalized spacial score (nSPS) is 16.2. The topological polar surface area (TPSA) is 47.0 Å². The maximum atomic E-state index is 4.50. The SMILES string of the molecule is CN=C(NCC(c1ccsc1)N(C)C)N1CCN(c2ccccn2)CC1.I. The second-order valence-corrected chi connectivity index (χ2v) is 7.41. The molecule has 0 saturated carbocycles. The van der Waals surface area contributed by atoms with E-state index in [-0.39, 0.29) is 24.0 Å². The van der Waals surface area contributed by atoms with Gasteiger partial charge in [0.1, 0.15) is 5.82 Å². The molecule has 1 aliphatic rings. The number of guanidine groups is 1. The number of hydrogen-bond donors (Lipinski definition) is 1. The molecule has 148 valence electrons. The van der Waals surface area contributed by atoms with E-state index >= 15 is 0 Å². The van der Waals surface area contributed by atoms with Crippen molar-refractivity contribution < 1.29 is 0 Å². The summed E-state index contributed by atoms with van der Waals surface area (Å²) in [5, 5.41) is 7.93. The zero-order valence-corrected chi connectivity index (χ0v) is 19.4. The summed E-state index contributed by atoms with van der Waals surface area (Å²) in [5.74, 6) is 2.04. The zero-order valence-electron chi connectivity index (χ0n) is 16.2. The third-order valence-corrected chi connectivity index (χ3v) is 5.47. The van der Waals surface area contributed by atoms with Crippen LogP contribution < -0.4 is 10.2 Å². The van der Waals surface area contributed by atoms with Gasteiger partial charge < -0.3 is 20.0 Å². The molecule has 3 heterocycles. The summed E-state index contributed by atoms with van der Waals surface area (Å²) >= 11 is 1.74. The van der Waals surface area contributed by atoms with Gasteiger partial charge in [0.05, 0.1) is 6.04 Å². The summed E-state index contributed by atoms with van der Waals surface area (Å²) in [6.45, 7) is 4.65. The first-order valence-electron chi connectivity index (χ1n) is 8.99. The van der Waals surface area contributed by atoms with Crippen molar-refractivity contribution in [1.29, 1.82) is 0 Å². The molecule has 8 heteroatoms. The van der Waals surface area contributed by atoms with Crippen LogP contribution in [0.2, 0.25) is 0 Å². The van der Waals surface area contributed by atoms with Gasteiger partial charge in [0.25, 0.3) is 0 Å². The zero-order chi connectivity index (χ0) is 18.4. The fraction of sp³-hybridized carbons (Fsp3) is 0.474. The minimum Gasteiger partial charge on any atom is -0.354 e. The number of thiophene rings is 1. The minimum atomic E-state index is 0. The van der Waals surface area contributed by atoms with Gasteiger partial charge in [0.15, 0.2) is 5.96 Å². The molecule has 1 unspecified atom stereocenters. The van der Waals surface area contributed by atoms with Gasteiger partial charge in [-0.3, -0.25) is 4.99 Å². The Hall–Kier alpha value is -1.39. The maximum absolute atomic E-state index is 4.50. The molecule has 0 amide bonds. The van der Waals surface area contributed by atoms with E-state index in [1.165, 1.54) is 5.56 Å². The summed E-state index contributed by atoms with van der Waals surface area (Å²) in [5.41, 5.74) is 1.35. The van der Waals surface area contributed by atoms with E-state index in [1.54, 1.807) is 11.3 Å². The van der Waals surface area contributed by atoms with Gasteiger partial charge in [-0.25, -0.2) is 4.98 Å². The summed E-state index contributed by atoms with van der Waals surface area (Å²) < 4.78 is 0. The molecule has 1 saturated heterocycles. The molecule has 1 fully saturated rings. The molecule has 1 N–H and O–H groups in total. The molecule has 0 aromatic carbocycles. The highest BCUT2D eigenvalue weighted by atomic mass is 127. The van der Waals surface area contributed by atoms with Crippen LogP contribution in [0.1, 0.15) is 11.6 Å². The Kier molecular flexibility index (Phi) is 8.78. The van der Waals surface area contributed by atoms with E-state index in [9.17, 15) is 0 Å². The second-order valence-electron chi connectivity index (χ2n) is 6.63. The molecular weight excluding hydrogens is 471 g/mol. The van der Waals surface area contributed by atoms with Gasteiger partial charge in [-0.15, -0.1) is 24.0 Å². The number of halogens is 1. The van der Waals surface area contributed by atoms with Crippen molar-refractivity contribution in [3.63, 3.8) is 0 Å². The molecular formula is C19H29IN6S.